The van der Waals surface area contributed by atoms with Gasteiger partial charge in [0, 0.05) is 44.2 Å². The van der Waals surface area contributed by atoms with Crippen LogP contribution in [0.5, 0.6) is 0 Å². The van der Waals surface area contributed by atoms with Crippen molar-refractivity contribution in [2.45, 2.75) is 38.0 Å². The molecule has 2 aliphatic rings. The number of hydrogen-bond donors (Lipinski definition) is 1. The molecule has 0 radical (unpaired) electrons. The summed E-state index contributed by atoms with van der Waals surface area (Å²) >= 11 is 3.48. The topological polar surface area (TPSA) is 58.6 Å². The zero-order valence-electron chi connectivity index (χ0n) is 15.3. The first-order chi connectivity index (χ1) is 12.5. The lowest BCUT2D eigenvalue weighted by atomic mass is 9.72. The minimum atomic E-state index is -0.469. The Hall–Kier alpha value is -1.40. The van der Waals surface area contributed by atoms with Crippen molar-refractivity contribution in [3.05, 3.63) is 34.3 Å². The molecule has 0 aromatic heterocycles. The van der Waals surface area contributed by atoms with Gasteiger partial charge in [0.1, 0.15) is 0 Å². The van der Waals surface area contributed by atoms with Gasteiger partial charge in [-0.15, -0.1) is 0 Å². The maximum absolute atomic E-state index is 13.5. The molecule has 2 heterocycles. The summed E-state index contributed by atoms with van der Waals surface area (Å²) in [7, 11) is 0. The summed E-state index contributed by atoms with van der Waals surface area (Å²) in [6.07, 6.45) is 3.36. The molecule has 1 aromatic carbocycles. The highest BCUT2D eigenvalue weighted by molar-refractivity contribution is 9.10. The lowest BCUT2D eigenvalue weighted by Gasteiger charge is -2.42. The Morgan fingerprint density at radius 2 is 1.81 bits per heavy atom. The molecule has 0 atom stereocenters. The second-order valence-electron chi connectivity index (χ2n) is 7.37. The Kier molecular flexibility index (Phi) is 6.35. The van der Waals surface area contributed by atoms with E-state index in [4.69, 9.17) is 4.74 Å². The minimum absolute atomic E-state index is 0.0138. The third-order valence-corrected chi connectivity index (χ3v) is 6.22. The average Bonchev–Trinajstić information content (AvgIpc) is 2.67. The number of carbonyl (C=O) groups excluding carboxylic acids is 2. The van der Waals surface area contributed by atoms with Crippen LogP contribution in [0.15, 0.2) is 28.7 Å². The van der Waals surface area contributed by atoms with Crippen LogP contribution in [0.25, 0.3) is 0 Å². The third kappa shape index (κ3) is 4.29. The summed E-state index contributed by atoms with van der Waals surface area (Å²) in [6.45, 7) is 5.04. The molecule has 0 spiro atoms. The molecule has 1 N–H and O–H groups in total. The minimum Gasteiger partial charge on any atom is -0.381 e. The zero-order chi connectivity index (χ0) is 18.6. The molecule has 0 bridgehead atoms. The van der Waals surface area contributed by atoms with Crippen molar-refractivity contribution >= 4 is 27.7 Å². The van der Waals surface area contributed by atoms with Crippen molar-refractivity contribution in [2.24, 2.45) is 5.92 Å². The molecule has 0 saturated carbocycles. The normalized spacial score (nSPS) is 20.6. The lowest BCUT2D eigenvalue weighted by Crippen LogP contribution is -2.52. The van der Waals surface area contributed by atoms with Crippen LogP contribution in [0.1, 0.15) is 38.2 Å². The van der Waals surface area contributed by atoms with Crippen LogP contribution in [0, 0.1) is 5.92 Å². The first kappa shape index (κ1) is 19.4. The van der Waals surface area contributed by atoms with Crippen molar-refractivity contribution in [2.75, 3.05) is 32.8 Å². The molecule has 142 valence electrons. The second kappa shape index (κ2) is 8.53. The Balaban J connectivity index is 1.71. The molecule has 2 fully saturated rings. The van der Waals surface area contributed by atoms with Crippen molar-refractivity contribution < 1.29 is 14.3 Å². The van der Waals surface area contributed by atoms with E-state index in [0.717, 1.165) is 48.8 Å². The molecule has 6 heteroatoms. The number of amides is 2. The van der Waals surface area contributed by atoms with Crippen molar-refractivity contribution in [1.82, 2.24) is 10.2 Å². The van der Waals surface area contributed by atoms with Gasteiger partial charge in [0.05, 0.1) is 5.41 Å². The fourth-order valence-corrected chi connectivity index (χ4v) is 4.31. The zero-order valence-corrected chi connectivity index (χ0v) is 16.9. The molecule has 0 aliphatic carbocycles. The van der Waals surface area contributed by atoms with Crippen molar-refractivity contribution in [3.8, 4) is 0 Å². The number of hydrogen-bond acceptors (Lipinski definition) is 3. The van der Waals surface area contributed by atoms with E-state index < -0.39 is 5.41 Å². The van der Waals surface area contributed by atoms with E-state index in [2.05, 4.69) is 33.4 Å². The average molecular weight is 423 g/mol. The predicted molar refractivity (Wildman–Crippen MR) is 104 cm³/mol. The number of carbonyl (C=O) groups is 2. The van der Waals surface area contributed by atoms with E-state index in [-0.39, 0.29) is 11.8 Å². The number of ether oxygens (including phenoxy) is 1. The highest BCUT2D eigenvalue weighted by Crippen LogP contribution is 2.38. The summed E-state index contributed by atoms with van der Waals surface area (Å²) in [4.78, 5) is 26.6. The molecule has 2 aliphatic heterocycles. The summed E-state index contributed by atoms with van der Waals surface area (Å²) in [6, 6.07) is 8.16. The molecule has 3 rings (SSSR count). The summed E-state index contributed by atoms with van der Waals surface area (Å²) in [5.41, 5.74) is 0.623. The Bertz CT molecular complexity index is 633. The van der Waals surface area contributed by atoms with E-state index in [1.54, 1.807) is 6.92 Å². The van der Waals surface area contributed by atoms with Crippen LogP contribution in [0.4, 0.5) is 0 Å². The molecular weight excluding hydrogens is 396 g/mol. The van der Waals surface area contributed by atoms with Gasteiger partial charge in [0.25, 0.3) is 0 Å². The van der Waals surface area contributed by atoms with Crippen molar-refractivity contribution in [1.29, 1.82) is 0 Å². The van der Waals surface area contributed by atoms with Crippen LogP contribution in [0.2, 0.25) is 0 Å². The van der Waals surface area contributed by atoms with Crippen LogP contribution in [-0.4, -0.2) is 49.6 Å². The third-order valence-electron chi connectivity index (χ3n) is 5.69. The van der Waals surface area contributed by atoms with E-state index >= 15 is 0 Å². The monoisotopic (exact) mass is 422 g/mol. The molecular formula is C20H27BrN2O3. The van der Waals surface area contributed by atoms with Gasteiger partial charge in [-0.3, -0.25) is 9.59 Å². The SMILES string of the molecule is CC(=O)NCC1CCN(C(=O)C2(c3ccc(Br)cc3)CCOCC2)CC1. The van der Waals surface area contributed by atoms with Gasteiger partial charge in [-0.2, -0.15) is 0 Å². The van der Waals surface area contributed by atoms with Gasteiger partial charge >= 0.3 is 0 Å². The number of nitrogens with one attached hydrogen (secondary N) is 1. The fraction of sp³-hybridized carbons (Fsp3) is 0.600. The molecule has 2 amide bonds. The molecule has 26 heavy (non-hydrogen) atoms. The quantitative estimate of drug-likeness (QED) is 0.811. The summed E-state index contributed by atoms with van der Waals surface area (Å²) in [5, 5.41) is 2.90. The first-order valence-electron chi connectivity index (χ1n) is 9.39. The van der Waals surface area contributed by atoms with Gasteiger partial charge in [-0.05, 0) is 49.3 Å². The van der Waals surface area contributed by atoms with Crippen molar-refractivity contribution in [3.63, 3.8) is 0 Å². The number of halogens is 1. The largest absolute Gasteiger partial charge is 0.381 e. The highest BCUT2D eigenvalue weighted by Gasteiger charge is 2.44. The van der Waals surface area contributed by atoms with Gasteiger partial charge in [0.15, 0.2) is 0 Å². The number of piperidine rings is 1. The Morgan fingerprint density at radius 1 is 1.19 bits per heavy atom. The van der Waals surface area contributed by atoms with E-state index in [1.165, 1.54) is 0 Å². The van der Waals surface area contributed by atoms with Crippen LogP contribution < -0.4 is 5.32 Å². The Labute approximate surface area is 163 Å². The predicted octanol–water partition coefficient (Wildman–Crippen LogP) is 2.87. The summed E-state index contributed by atoms with van der Waals surface area (Å²) < 4.78 is 6.58. The van der Waals surface area contributed by atoms with Gasteiger partial charge in [-0.25, -0.2) is 0 Å². The standard InChI is InChI=1S/C20H27BrN2O3/c1-15(24)22-14-16-6-10-23(11-7-16)19(25)20(8-12-26-13-9-20)17-2-4-18(21)5-3-17/h2-5,16H,6-14H2,1H3,(H,22,24). The van der Waals surface area contributed by atoms with E-state index in [9.17, 15) is 9.59 Å². The van der Waals surface area contributed by atoms with Gasteiger partial charge < -0.3 is 15.0 Å². The second-order valence-corrected chi connectivity index (χ2v) is 8.29. The first-order valence-corrected chi connectivity index (χ1v) is 10.2. The Morgan fingerprint density at radius 3 is 2.38 bits per heavy atom. The number of benzene rings is 1. The molecule has 2 saturated heterocycles. The number of nitrogens with zero attached hydrogens (tertiary/aromatic N) is 1. The molecule has 5 nitrogen and oxygen atoms in total. The van der Waals surface area contributed by atoms with Crippen LogP contribution in [-0.2, 0) is 19.7 Å². The van der Waals surface area contributed by atoms with Gasteiger partial charge in [-0.1, -0.05) is 28.1 Å². The maximum atomic E-state index is 13.5. The van der Waals surface area contributed by atoms with E-state index in [1.807, 2.05) is 17.0 Å². The number of likely N-dealkylation sites (tertiary alicyclic amines) is 1. The highest BCUT2D eigenvalue weighted by atomic mass is 79.9. The molecule has 0 unspecified atom stereocenters. The smallest absolute Gasteiger partial charge is 0.233 e. The number of rotatable bonds is 4. The van der Waals surface area contributed by atoms with Gasteiger partial charge in [0.2, 0.25) is 11.8 Å². The van der Waals surface area contributed by atoms with Crippen LogP contribution in [0.3, 0.4) is 0 Å². The maximum Gasteiger partial charge on any atom is 0.233 e. The molecule has 1 aromatic rings. The fourth-order valence-electron chi connectivity index (χ4n) is 4.05. The lowest BCUT2D eigenvalue weighted by molar-refractivity contribution is -0.143. The van der Waals surface area contributed by atoms with Crippen LogP contribution >= 0.6 is 15.9 Å². The van der Waals surface area contributed by atoms with E-state index in [0.29, 0.717) is 25.7 Å². The summed E-state index contributed by atoms with van der Waals surface area (Å²) in [5.74, 6) is 0.710.